The molecule has 1 aliphatic rings. The van der Waals surface area contributed by atoms with Crippen molar-refractivity contribution in [3.8, 4) is 22.8 Å². The normalized spacial score (nSPS) is 13.2. The third-order valence-electron chi connectivity index (χ3n) is 5.13. The molecule has 0 spiro atoms. The number of imidazole rings is 2. The topological polar surface area (TPSA) is 66.5 Å². The van der Waals surface area contributed by atoms with Gasteiger partial charge in [0.1, 0.15) is 13.2 Å². The van der Waals surface area contributed by atoms with E-state index in [0.717, 1.165) is 63.1 Å². The van der Waals surface area contributed by atoms with Crippen LogP contribution in [0.15, 0.2) is 41.8 Å². The Bertz CT molecular complexity index is 1230. The lowest BCUT2D eigenvalue weighted by molar-refractivity contribution is 0.171. The summed E-state index contributed by atoms with van der Waals surface area (Å²) in [5.74, 6) is 3.08. The van der Waals surface area contributed by atoms with E-state index in [4.69, 9.17) is 9.47 Å². The maximum absolute atomic E-state index is 5.74. The largest absolute Gasteiger partial charge is 0.486 e. The van der Waals surface area contributed by atoms with Crippen molar-refractivity contribution in [2.24, 2.45) is 0 Å². The Kier molecular flexibility index (Phi) is 4.86. The quantitative estimate of drug-likeness (QED) is 0.448. The molecule has 7 nitrogen and oxygen atoms in total. The van der Waals surface area contributed by atoms with Gasteiger partial charge < -0.3 is 14.0 Å². The lowest BCUT2D eigenvalue weighted by Crippen LogP contribution is -2.15. The molecule has 0 N–H and O–H groups in total. The van der Waals surface area contributed by atoms with Crippen LogP contribution in [0.4, 0.5) is 0 Å². The number of thioether (sulfide) groups is 1. The zero-order valence-corrected chi connectivity index (χ0v) is 18.1. The van der Waals surface area contributed by atoms with Crippen LogP contribution in [-0.2, 0) is 12.3 Å². The van der Waals surface area contributed by atoms with Crippen molar-refractivity contribution in [1.82, 2.24) is 23.9 Å². The molecule has 0 saturated heterocycles. The number of ether oxygens (including phenoxy) is 2. The highest BCUT2D eigenvalue weighted by atomic mass is 32.2. The molecule has 30 heavy (non-hydrogen) atoms. The number of fused-ring (bicyclic) bond motifs is 2. The second-order valence-electron chi connectivity index (χ2n) is 7.26. The first-order chi connectivity index (χ1) is 14.6. The van der Waals surface area contributed by atoms with Gasteiger partial charge in [-0.15, -0.1) is 0 Å². The summed E-state index contributed by atoms with van der Waals surface area (Å²) in [5.41, 5.74) is 5.25. The molecule has 4 aromatic rings. The number of hydrogen-bond acceptors (Lipinski definition) is 6. The summed E-state index contributed by atoms with van der Waals surface area (Å²) in [6, 6.07) is 8.13. The molecule has 154 valence electrons. The lowest BCUT2D eigenvalue weighted by Gasteiger charge is -2.19. The van der Waals surface area contributed by atoms with Crippen LogP contribution in [0.2, 0.25) is 0 Å². The van der Waals surface area contributed by atoms with Crippen LogP contribution in [0.3, 0.4) is 0 Å². The van der Waals surface area contributed by atoms with E-state index in [-0.39, 0.29) is 0 Å². The molecule has 8 heteroatoms. The summed E-state index contributed by atoms with van der Waals surface area (Å²) in [5, 5.41) is 0.973. The Morgan fingerprint density at radius 1 is 1.07 bits per heavy atom. The van der Waals surface area contributed by atoms with Crippen molar-refractivity contribution < 1.29 is 9.47 Å². The average molecular weight is 422 g/mol. The zero-order chi connectivity index (χ0) is 20.7. The first kappa shape index (κ1) is 19.0. The molecule has 0 saturated carbocycles. The van der Waals surface area contributed by atoms with Gasteiger partial charge in [-0.2, -0.15) is 0 Å². The third-order valence-corrected chi connectivity index (χ3v) is 6.16. The van der Waals surface area contributed by atoms with E-state index in [1.807, 2.05) is 29.7 Å². The predicted molar refractivity (Wildman–Crippen MR) is 116 cm³/mol. The molecular formula is C22H23N5O2S. The minimum atomic E-state index is 0.581. The van der Waals surface area contributed by atoms with E-state index < -0.39 is 0 Å². The molecule has 0 amide bonds. The molecule has 0 unspecified atom stereocenters. The first-order valence-corrected chi connectivity index (χ1v) is 11.0. The number of rotatable bonds is 5. The predicted octanol–water partition coefficient (Wildman–Crippen LogP) is 4.29. The maximum atomic E-state index is 5.74. The molecular weight excluding hydrogens is 398 g/mol. The maximum Gasteiger partial charge on any atom is 0.234 e. The van der Waals surface area contributed by atoms with Crippen LogP contribution in [0.25, 0.3) is 17.0 Å². The van der Waals surface area contributed by atoms with Gasteiger partial charge in [-0.3, -0.25) is 4.40 Å². The molecule has 0 atom stereocenters. The number of benzene rings is 1. The smallest absolute Gasteiger partial charge is 0.234 e. The summed E-state index contributed by atoms with van der Waals surface area (Å²) in [7, 11) is 0. The third kappa shape index (κ3) is 3.41. The second kappa shape index (κ2) is 7.68. The van der Waals surface area contributed by atoms with Crippen molar-refractivity contribution >= 4 is 17.5 Å². The van der Waals surface area contributed by atoms with Crippen molar-refractivity contribution in [3.63, 3.8) is 0 Å². The molecule has 0 aliphatic carbocycles. The van der Waals surface area contributed by atoms with E-state index >= 15 is 0 Å². The van der Waals surface area contributed by atoms with Gasteiger partial charge in [0, 0.05) is 35.4 Å². The number of aryl methyl sites for hydroxylation is 2. The van der Waals surface area contributed by atoms with Gasteiger partial charge >= 0.3 is 0 Å². The van der Waals surface area contributed by atoms with Crippen molar-refractivity contribution in [1.29, 1.82) is 0 Å². The Morgan fingerprint density at radius 3 is 2.73 bits per heavy atom. The highest BCUT2D eigenvalue weighted by Crippen LogP contribution is 2.36. The van der Waals surface area contributed by atoms with Crippen LogP contribution in [-0.4, -0.2) is 37.1 Å². The van der Waals surface area contributed by atoms with E-state index in [0.29, 0.717) is 13.2 Å². The summed E-state index contributed by atoms with van der Waals surface area (Å²) in [6.45, 7) is 8.21. The van der Waals surface area contributed by atoms with Crippen molar-refractivity contribution in [2.75, 3.05) is 13.2 Å². The molecule has 4 heterocycles. The van der Waals surface area contributed by atoms with Crippen molar-refractivity contribution in [2.45, 2.75) is 38.2 Å². The van der Waals surface area contributed by atoms with Gasteiger partial charge in [-0.05, 0) is 45.0 Å². The van der Waals surface area contributed by atoms with E-state index in [2.05, 4.69) is 51.7 Å². The SMILES string of the molecule is CCn1c(-c2ccc3c(c2)OCCO3)cnc1SCc1cn2c(C)cc(C)nc2n1. The van der Waals surface area contributed by atoms with Gasteiger partial charge in [-0.1, -0.05) is 11.8 Å². The number of hydrogen-bond donors (Lipinski definition) is 0. The van der Waals surface area contributed by atoms with Gasteiger partial charge in [0.2, 0.25) is 5.78 Å². The fourth-order valence-corrected chi connectivity index (χ4v) is 4.67. The zero-order valence-electron chi connectivity index (χ0n) is 17.3. The van der Waals surface area contributed by atoms with E-state index in [9.17, 15) is 0 Å². The number of aromatic nitrogens is 5. The molecule has 1 aliphatic heterocycles. The summed E-state index contributed by atoms with van der Waals surface area (Å²) in [4.78, 5) is 13.9. The summed E-state index contributed by atoms with van der Waals surface area (Å²) in [6.07, 6.45) is 3.99. The Balaban J connectivity index is 1.40. The number of nitrogens with zero attached hydrogens (tertiary/aromatic N) is 5. The minimum absolute atomic E-state index is 0.581. The van der Waals surface area contributed by atoms with Crippen LogP contribution in [0.1, 0.15) is 24.0 Å². The Hall–Kier alpha value is -3.00. The molecule has 5 rings (SSSR count). The van der Waals surface area contributed by atoms with E-state index in [1.165, 1.54) is 0 Å². The van der Waals surface area contributed by atoms with Crippen LogP contribution < -0.4 is 9.47 Å². The Morgan fingerprint density at radius 2 is 1.90 bits per heavy atom. The summed E-state index contributed by atoms with van der Waals surface area (Å²) >= 11 is 1.69. The highest BCUT2D eigenvalue weighted by Gasteiger charge is 2.17. The standard InChI is InChI=1S/C22H23N5O2S/c1-4-26-18(16-5-6-19-20(10-16)29-8-7-28-19)11-23-22(26)30-13-17-12-27-15(3)9-14(2)24-21(27)25-17/h5-6,9-12H,4,7-8,13H2,1-3H3. The summed E-state index contributed by atoms with van der Waals surface area (Å²) < 4.78 is 15.6. The first-order valence-electron chi connectivity index (χ1n) is 10.0. The molecule has 0 fully saturated rings. The molecule has 0 bridgehead atoms. The Labute approximate surface area is 179 Å². The fourth-order valence-electron chi connectivity index (χ4n) is 3.74. The monoisotopic (exact) mass is 421 g/mol. The average Bonchev–Trinajstić information content (AvgIpc) is 3.35. The van der Waals surface area contributed by atoms with E-state index in [1.54, 1.807) is 11.8 Å². The van der Waals surface area contributed by atoms with Gasteiger partial charge in [-0.25, -0.2) is 15.0 Å². The van der Waals surface area contributed by atoms with Crippen molar-refractivity contribution in [3.05, 3.63) is 53.7 Å². The lowest BCUT2D eigenvalue weighted by atomic mass is 10.1. The molecule has 0 radical (unpaired) electrons. The molecule has 3 aromatic heterocycles. The van der Waals surface area contributed by atoms with Crippen LogP contribution >= 0.6 is 11.8 Å². The fraction of sp³-hybridized carbons (Fsp3) is 0.318. The van der Waals surface area contributed by atoms with Crippen LogP contribution in [0.5, 0.6) is 11.5 Å². The van der Waals surface area contributed by atoms with Crippen LogP contribution in [0, 0.1) is 13.8 Å². The second-order valence-corrected chi connectivity index (χ2v) is 8.20. The van der Waals surface area contributed by atoms with Gasteiger partial charge in [0.25, 0.3) is 0 Å². The molecule has 1 aromatic carbocycles. The highest BCUT2D eigenvalue weighted by molar-refractivity contribution is 7.98. The minimum Gasteiger partial charge on any atom is -0.486 e. The van der Waals surface area contributed by atoms with Gasteiger partial charge in [0.15, 0.2) is 16.7 Å². The van der Waals surface area contributed by atoms with Gasteiger partial charge in [0.05, 0.1) is 17.6 Å².